The van der Waals surface area contributed by atoms with Crippen LogP contribution in [0.4, 0.5) is 5.69 Å². The van der Waals surface area contributed by atoms with Crippen LogP contribution in [0.15, 0.2) is 18.3 Å². The van der Waals surface area contributed by atoms with E-state index in [9.17, 15) is 0 Å². The van der Waals surface area contributed by atoms with Gasteiger partial charge in [-0.25, -0.2) is 0 Å². The third-order valence-corrected chi connectivity index (χ3v) is 2.19. The second kappa shape index (κ2) is 6.05. The first kappa shape index (κ1) is 11.5. The summed E-state index contributed by atoms with van der Waals surface area (Å²) in [5, 5.41) is 3.08. The highest BCUT2D eigenvalue weighted by Crippen LogP contribution is 2.13. The van der Waals surface area contributed by atoms with Crippen LogP contribution in [-0.4, -0.2) is 25.1 Å². The number of terminal acetylenes is 1. The quantitative estimate of drug-likeness (QED) is 0.730. The molecule has 1 heterocycles. The zero-order valence-corrected chi connectivity index (χ0v) is 9.33. The molecule has 0 aromatic carbocycles. The largest absolute Gasteiger partial charge is 0.361 e. The highest BCUT2D eigenvalue weighted by Gasteiger charge is 2.03. The predicted octanol–water partition coefficient (Wildman–Crippen LogP) is 1.26. The van der Waals surface area contributed by atoms with Crippen LogP contribution >= 0.6 is 0 Å². The van der Waals surface area contributed by atoms with Crippen LogP contribution in [0.25, 0.3) is 0 Å². The van der Waals surface area contributed by atoms with Gasteiger partial charge >= 0.3 is 0 Å². The van der Waals surface area contributed by atoms with Gasteiger partial charge in [0, 0.05) is 25.0 Å². The van der Waals surface area contributed by atoms with Crippen molar-refractivity contribution in [3.05, 3.63) is 24.0 Å². The number of hydrogen-bond donors (Lipinski definition) is 1. The van der Waals surface area contributed by atoms with Crippen LogP contribution in [0, 0.1) is 12.3 Å². The molecule has 0 atom stereocenters. The molecule has 0 unspecified atom stereocenters. The summed E-state index contributed by atoms with van der Waals surface area (Å²) >= 11 is 0. The van der Waals surface area contributed by atoms with Crippen molar-refractivity contribution in [2.75, 3.05) is 25.0 Å². The molecule has 1 N–H and O–H groups in total. The molecule has 0 fully saturated rings. The third-order valence-electron chi connectivity index (χ3n) is 2.19. The van der Waals surface area contributed by atoms with Crippen LogP contribution in [0.5, 0.6) is 0 Å². The minimum absolute atomic E-state index is 0.638. The van der Waals surface area contributed by atoms with E-state index in [4.69, 9.17) is 6.42 Å². The average molecular weight is 203 g/mol. The molecule has 1 rings (SSSR count). The molecule has 0 aliphatic carbocycles. The second-order valence-corrected chi connectivity index (χ2v) is 3.25. The summed E-state index contributed by atoms with van der Waals surface area (Å²) in [6.07, 6.45) is 7.14. The predicted molar refractivity (Wildman–Crippen MR) is 63.7 cm³/mol. The van der Waals surface area contributed by atoms with Gasteiger partial charge in [-0.05, 0) is 26.1 Å². The molecular weight excluding hydrogens is 186 g/mol. The number of nitrogens with one attached hydrogen (secondary N) is 1. The highest BCUT2D eigenvalue weighted by molar-refractivity contribution is 5.47. The minimum atomic E-state index is 0.638. The Bertz CT molecular complexity index is 341. The van der Waals surface area contributed by atoms with Gasteiger partial charge in [0.05, 0.1) is 12.2 Å². The van der Waals surface area contributed by atoms with E-state index >= 15 is 0 Å². The van der Waals surface area contributed by atoms with Crippen LogP contribution in [0.3, 0.4) is 0 Å². The van der Waals surface area contributed by atoms with Gasteiger partial charge in [0.1, 0.15) is 0 Å². The molecule has 3 nitrogen and oxygen atoms in total. The van der Waals surface area contributed by atoms with Gasteiger partial charge in [0.15, 0.2) is 0 Å². The van der Waals surface area contributed by atoms with Crippen LogP contribution < -0.4 is 10.2 Å². The highest BCUT2D eigenvalue weighted by atomic mass is 15.1. The SMILES string of the molecule is C#CCN(CC)c1ccnc(CNC)c1. The fourth-order valence-corrected chi connectivity index (χ4v) is 1.44. The van der Waals surface area contributed by atoms with E-state index in [0.29, 0.717) is 6.54 Å². The van der Waals surface area contributed by atoms with E-state index in [2.05, 4.69) is 34.1 Å². The molecule has 0 spiro atoms. The summed E-state index contributed by atoms with van der Waals surface area (Å²) in [5.74, 6) is 2.66. The number of pyridine rings is 1. The first-order valence-electron chi connectivity index (χ1n) is 5.09. The van der Waals surface area contributed by atoms with E-state index in [1.54, 1.807) is 0 Å². The molecule has 0 saturated carbocycles. The molecule has 0 bridgehead atoms. The second-order valence-electron chi connectivity index (χ2n) is 3.25. The number of rotatable bonds is 5. The molecule has 0 radical (unpaired) electrons. The van der Waals surface area contributed by atoms with Gasteiger partial charge in [-0.15, -0.1) is 6.42 Å². The lowest BCUT2D eigenvalue weighted by molar-refractivity contribution is 0.788. The summed E-state index contributed by atoms with van der Waals surface area (Å²) in [7, 11) is 1.91. The molecule has 1 aromatic rings. The lowest BCUT2D eigenvalue weighted by Crippen LogP contribution is -2.23. The summed E-state index contributed by atoms with van der Waals surface area (Å²) in [4.78, 5) is 6.40. The third kappa shape index (κ3) is 3.26. The van der Waals surface area contributed by atoms with E-state index in [-0.39, 0.29) is 0 Å². The summed E-state index contributed by atoms with van der Waals surface area (Å²) in [6, 6.07) is 4.05. The zero-order chi connectivity index (χ0) is 11.1. The van der Waals surface area contributed by atoms with E-state index < -0.39 is 0 Å². The number of hydrogen-bond acceptors (Lipinski definition) is 3. The fraction of sp³-hybridized carbons (Fsp3) is 0.417. The van der Waals surface area contributed by atoms with Gasteiger partial charge in [0.2, 0.25) is 0 Å². The smallest absolute Gasteiger partial charge is 0.0791 e. The Labute approximate surface area is 91.5 Å². The Morgan fingerprint density at radius 3 is 3.00 bits per heavy atom. The molecule has 15 heavy (non-hydrogen) atoms. The van der Waals surface area contributed by atoms with E-state index in [1.165, 1.54) is 0 Å². The van der Waals surface area contributed by atoms with Crippen LogP contribution in [0.1, 0.15) is 12.6 Å². The van der Waals surface area contributed by atoms with Gasteiger partial charge in [-0.3, -0.25) is 4.98 Å². The van der Waals surface area contributed by atoms with Gasteiger partial charge in [-0.2, -0.15) is 0 Å². The molecular formula is C12H17N3. The molecule has 1 aromatic heterocycles. The van der Waals surface area contributed by atoms with Gasteiger partial charge < -0.3 is 10.2 Å². The molecule has 3 heteroatoms. The Kier molecular flexibility index (Phi) is 4.65. The zero-order valence-electron chi connectivity index (χ0n) is 9.33. The number of aromatic nitrogens is 1. The monoisotopic (exact) mass is 203 g/mol. The first-order valence-corrected chi connectivity index (χ1v) is 5.09. The summed E-state index contributed by atoms with van der Waals surface area (Å²) < 4.78 is 0. The summed E-state index contributed by atoms with van der Waals surface area (Å²) in [6.45, 7) is 4.42. The lowest BCUT2D eigenvalue weighted by Gasteiger charge is -2.20. The summed E-state index contributed by atoms with van der Waals surface area (Å²) in [5.41, 5.74) is 2.17. The number of anilines is 1. The van der Waals surface area contributed by atoms with Crippen molar-refractivity contribution in [2.45, 2.75) is 13.5 Å². The first-order chi connectivity index (χ1) is 7.31. The van der Waals surface area contributed by atoms with Crippen LogP contribution in [-0.2, 0) is 6.54 Å². The topological polar surface area (TPSA) is 28.2 Å². The Morgan fingerprint density at radius 2 is 2.40 bits per heavy atom. The lowest BCUT2D eigenvalue weighted by atomic mass is 10.3. The average Bonchev–Trinajstić information content (AvgIpc) is 2.27. The molecule has 0 saturated heterocycles. The van der Waals surface area contributed by atoms with E-state index in [0.717, 1.165) is 24.5 Å². The normalized spacial score (nSPS) is 9.67. The van der Waals surface area contributed by atoms with Crippen molar-refractivity contribution < 1.29 is 0 Å². The Balaban J connectivity index is 2.83. The maximum Gasteiger partial charge on any atom is 0.0791 e. The Morgan fingerprint density at radius 1 is 1.60 bits per heavy atom. The molecule has 0 aliphatic heterocycles. The van der Waals surface area contributed by atoms with Crippen molar-refractivity contribution in [3.63, 3.8) is 0 Å². The maximum atomic E-state index is 5.32. The van der Waals surface area contributed by atoms with Gasteiger partial charge in [-0.1, -0.05) is 5.92 Å². The van der Waals surface area contributed by atoms with Crippen molar-refractivity contribution in [3.8, 4) is 12.3 Å². The van der Waals surface area contributed by atoms with Crippen molar-refractivity contribution in [2.24, 2.45) is 0 Å². The Hall–Kier alpha value is -1.53. The van der Waals surface area contributed by atoms with Crippen molar-refractivity contribution in [1.29, 1.82) is 0 Å². The molecule has 80 valence electrons. The fourth-order valence-electron chi connectivity index (χ4n) is 1.44. The van der Waals surface area contributed by atoms with E-state index in [1.807, 2.05) is 19.3 Å². The maximum absolute atomic E-state index is 5.32. The molecule has 0 amide bonds. The van der Waals surface area contributed by atoms with Crippen molar-refractivity contribution >= 4 is 5.69 Å². The number of nitrogens with zero attached hydrogens (tertiary/aromatic N) is 2. The molecule has 0 aliphatic rings. The van der Waals surface area contributed by atoms with Crippen molar-refractivity contribution in [1.82, 2.24) is 10.3 Å². The minimum Gasteiger partial charge on any atom is -0.361 e. The standard InChI is InChI=1S/C12H17N3/c1-4-8-15(5-2)12-6-7-14-11(9-12)10-13-3/h1,6-7,9,13H,5,8,10H2,2-3H3. The van der Waals surface area contributed by atoms with Gasteiger partial charge in [0.25, 0.3) is 0 Å². The van der Waals surface area contributed by atoms with Crippen LogP contribution in [0.2, 0.25) is 0 Å².